The van der Waals surface area contributed by atoms with E-state index in [0.29, 0.717) is 47.7 Å². The first-order valence-corrected chi connectivity index (χ1v) is 10.5. The monoisotopic (exact) mass is 443 g/mol. The number of carbonyl (C=O) groups excluding carboxylic acids is 1. The van der Waals surface area contributed by atoms with Gasteiger partial charge < -0.3 is 19.5 Å². The third-order valence-electron chi connectivity index (χ3n) is 4.37. The fourth-order valence-corrected chi connectivity index (χ4v) is 3.06. The molecule has 1 heterocycles. The molecular formula is C23H26ClN3O4. The molecule has 3 aromatic rings. The lowest BCUT2D eigenvalue weighted by Crippen LogP contribution is -2.23. The van der Waals surface area contributed by atoms with Crippen molar-refractivity contribution in [3.8, 4) is 17.2 Å². The molecule has 0 saturated heterocycles. The van der Waals surface area contributed by atoms with Crippen molar-refractivity contribution in [2.45, 2.75) is 34.0 Å². The maximum Gasteiger partial charge on any atom is 0.272 e. The SMILES string of the molecule is CCOc1ccc(CNC(=O)c2ccn(COc3cc(C)ccc3Cl)n2)cc1OCC. The van der Waals surface area contributed by atoms with Crippen molar-refractivity contribution in [2.24, 2.45) is 0 Å². The number of rotatable bonds is 10. The standard InChI is InChI=1S/C23H26ClN3O4/c1-4-29-20-9-7-17(13-22(20)30-5-2)14-25-23(28)19-10-11-27(26-19)15-31-21-12-16(3)6-8-18(21)24/h6-13H,4-5,14-15H2,1-3H3,(H,25,28). The average Bonchev–Trinajstić information content (AvgIpc) is 3.24. The number of amides is 1. The quantitative estimate of drug-likeness (QED) is 0.495. The Morgan fingerprint density at radius 2 is 1.77 bits per heavy atom. The summed E-state index contributed by atoms with van der Waals surface area (Å²) in [4.78, 5) is 12.5. The van der Waals surface area contributed by atoms with E-state index in [2.05, 4.69) is 10.4 Å². The number of nitrogens with zero attached hydrogens (tertiary/aromatic N) is 2. The van der Waals surface area contributed by atoms with Crippen LogP contribution < -0.4 is 19.5 Å². The Morgan fingerprint density at radius 1 is 1.00 bits per heavy atom. The predicted octanol–water partition coefficient (Wildman–Crippen LogP) is 4.61. The lowest BCUT2D eigenvalue weighted by molar-refractivity contribution is 0.0943. The van der Waals surface area contributed by atoms with E-state index in [1.54, 1.807) is 18.3 Å². The number of benzene rings is 2. The average molecular weight is 444 g/mol. The summed E-state index contributed by atoms with van der Waals surface area (Å²) in [5.41, 5.74) is 2.24. The first-order chi connectivity index (χ1) is 15.0. The van der Waals surface area contributed by atoms with Gasteiger partial charge in [-0.05, 0) is 62.2 Å². The predicted molar refractivity (Wildman–Crippen MR) is 119 cm³/mol. The van der Waals surface area contributed by atoms with Crippen molar-refractivity contribution in [3.63, 3.8) is 0 Å². The Labute approximate surface area is 186 Å². The third-order valence-corrected chi connectivity index (χ3v) is 4.69. The molecule has 0 bridgehead atoms. The largest absolute Gasteiger partial charge is 0.490 e. The van der Waals surface area contributed by atoms with E-state index < -0.39 is 0 Å². The summed E-state index contributed by atoms with van der Waals surface area (Å²) in [5, 5.41) is 7.66. The van der Waals surface area contributed by atoms with Crippen LogP contribution in [-0.2, 0) is 13.3 Å². The van der Waals surface area contributed by atoms with Crippen molar-refractivity contribution in [3.05, 3.63) is 70.5 Å². The molecule has 0 aliphatic carbocycles. The van der Waals surface area contributed by atoms with Gasteiger partial charge in [-0.15, -0.1) is 0 Å². The van der Waals surface area contributed by atoms with E-state index in [4.69, 9.17) is 25.8 Å². The van der Waals surface area contributed by atoms with E-state index in [0.717, 1.165) is 11.1 Å². The summed E-state index contributed by atoms with van der Waals surface area (Å²) in [6.45, 7) is 7.37. The minimum Gasteiger partial charge on any atom is -0.490 e. The van der Waals surface area contributed by atoms with E-state index in [1.807, 2.05) is 51.1 Å². The molecule has 0 aliphatic heterocycles. The van der Waals surface area contributed by atoms with Crippen LogP contribution in [0.3, 0.4) is 0 Å². The fourth-order valence-electron chi connectivity index (χ4n) is 2.89. The molecule has 0 spiro atoms. The summed E-state index contributed by atoms with van der Waals surface area (Å²) in [7, 11) is 0. The zero-order valence-electron chi connectivity index (χ0n) is 17.9. The number of carbonyl (C=O) groups is 1. The lowest BCUT2D eigenvalue weighted by Gasteiger charge is -2.12. The molecular weight excluding hydrogens is 418 g/mol. The van der Waals surface area contributed by atoms with Gasteiger partial charge in [-0.25, -0.2) is 4.68 Å². The number of aromatic nitrogens is 2. The van der Waals surface area contributed by atoms with E-state index in [1.165, 1.54) is 4.68 Å². The molecule has 1 aromatic heterocycles. The van der Waals surface area contributed by atoms with Gasteiger partial charge in [0.05, 0.1) is 18.2 Å². The minimum atomic E-state index is -0.279. The van der Waals surface area contributed by atoms with Crippen LogP contribution in [0.2, 0.25) is 5.02 Å². The van der Waals surface area contributed by atoms with Crippen LogP contribution in [0.5, 0.6) is 17.2 Å². The normalized spacial score (nSPS) is 10.6. The van der Waals surface area contributed by atoms with Gasteiger partial charge in [0, 0.05) is 12.7 Å². The Bertz CT molecular complexity index is 1040. The number of halogens is 1. The molecule has 7 nitrogen and oxygen atoms in total. The Morgan fingerprint density at radius 3 is 2.55 bits per heavy atom. The highest BCUT2D eigenvalue weighted by molar-refractivity contribution is 6.32. The van der Waals surface area contributed by atoms with Gasteiger partial charge in [-0.3, -0.25) is 4.79 Å². The van der Waals surface area contributed by atoms with E-state index >= 15 is 0 Å². The molecule has 3 rings (SSSR count). The Balaban J connectivity index is 1.57. The van der Waals surface area contributed by atoms with E-state index in [-0.39, 0.29) is 12.6 Å². The molecule has 164 valence electrons. The van der Waals surface area contributed by atoms with Crippen LogP contribution in [0.4, 0.5) is 0 Å². The summed E-state index contributed by atoms with van der Waals surface area (Å²) in [6.07, 6.45) is 1.68. The van der Waals surface area contributed by atoms with Crippen LogP contribution in [0.15, 0.2) is 48.7 Å². The van der Waals surface area contributed by atoms with Crippen LogP contribution in [0.25, 0.3) is 0 Å². The summed E-state index contributed by atoms with van der Waals surface area (Å²) in [6, 6.07) is 12.8. The number of hydrogen-bond donors (Lipinski definition) is 1. The van der Waals surface area contributed by atoms with Gasteiger partial charge in [0.2, 0.25) is 0 Å². The minimum absolute atomic E-state index is 0.146. The molecule has 0 atom stereocenters. The second kappa shape index (κ2) is 10.7. The second-order valence-corrected chi connectivity index (χ2v) is 7.18. The first kappa shape index (κ1) is 22.5. The zero-order valence-corrected chi connectivity index (χ0v) is 18.6. The summed E-state index contributed by atoms with van der Waals surface area (Å²) >= 11 is 6.14. The molecule has 0 saturated carbocycles. The van der Waals surface area contributed by atoms with Gasteiger partial charge in [-0.1, -0.05) is 23.7 Å². The molecule has 0 unspecified atom stereocenters. The van der Waals surface area contributed by atoms with Gasteiger partial charge >= 0.3 is 0 Å². The Hall–Kier alpha value is -3.19. The van der Waals surface area contributed by atoms with Crippen LogP contribution in [0, 0.1) is 6.92 Å². The van der Waals surface area contributed by atoms with Gasteiger partial charge in [0.25, 0.3) is 5.91 Å². The number of ether oxygens (including phenoxy) is 3. The van der Waals surface area contributed by atoms with Crippen LogP contribution >= 0.6 is 11.6 Å². The fraction of sp³-hybridized carbons (Fsp3) is 0.304. The maximum atomic E-state index is 12.5. The topological polar surface area (TPSA) is 74.6 Å². The highest BCUT2D eigenvalue weighted by Crippen LogP contribution is 2.28. The van der Waals surface area contributed by atoms with Crippen molar-refractivity contribution in [1.82, 2.24) is 15.1 Å². The Kier molecular flexibility index (Phi) is 7.78. The van der Waals surface area contributed by atoms with Crippen LogP contribution in [0.1, 0.15) is 35.5 Å². The molecule has 0 radical (unpaired) electrons. The third kappa shape index (κ3) is 6.15. The molecule has 0 fully saturated rings. The number of nitrogens with one attached hydrogen (secondary N) is 1. The molecule has 2 aromatic carbocycles. The van der Waals surface area contributed by atoms with Crippen molar-refractivity contribution in [2.75, 3.05) is 13.2 Å². The molecule has 1 N–H and O–H groups in total. The van der Waals surface area contributed by atoms with Gasteiger partial charge in [-0.2, -0.15) is 5.10 Å². The highest BCUT2D eigenvalue weighted by Gasteiger charge is 2.12. The first-order valence-electron chi connectivity index (χ1n) is 10.1. The summed E-state index contributed by atoms with van der Waals surface area (Å²) in [5.74, 6) is 1.64. The highest BCUT2D eigenvalue weighted by atomic mass is 35.5. The lowest BCUT2D eigenvalue weighted by atomic mass is 10.2. The second-order valence-electron chi connectivity index (χ2n) is 6.78. The number of aryl methyl sites for hydroxylation is 1. The van der Waals surface area contributed by atoms with Crippen molar-refractivity contribution in [1.29, 1.82) is 0 Å². The summed E-state index contributed by atoms with van der Waals surface area (Å²) < 4.78 is 18.4. The van der Waals surface area contributed by atoms with Gasteiger partial charge in [0.1, 0.15) is 11.4 Å². The molecule has 31 heavy (non-hydrogen) atoms. The number of hydrogen-bond acceptors (Lipinski definition) is 5. The zero-order chi connectivity index (χ0) is 22.2. The maximum absolute atomic E-state index is 12.5. The van der Waals surface area contributed by atoms with Crippen molar-refractivity contribution < 1.29 is 19.0 Å². The van der Waals surface area contributed by atoms with Crippen molar-refractivity contribution >= 4 is 17.5 Å². The molecule has 8 heteroatoms. The van der Waals surface area contributed by atoms with E-state index in [9.17, 15) is 4.79 Å². The molecule has 0 aliphatic rings. The van der Waals surface area contributed by atoms with Crippen LogP contribution in [-0.4, -0.2) is 28.9 Å². The smallest absolute Gasteiger partial charge is 0.272 e. The molecule has 1 amide bonds. The van der Waals surface area contributed by atoms with Gasteiger partial charge in [0.15, 0.2) is 18.2 Å².